The van der Waals surface area contributed by atoms with E-state index in [0.29, 0.717) is 0 Å². The molecule has 200 valence electrons. The van der Waals surface area contributed by atoms with Crippen LogP contribution >= 0.6 is 0 Å². The Morgan fingerprint density at radius 2 is 0.917 bits per heavy atom. The van der Waals surface area contributed by atoms with Crippen LogP contribution in [0.25, 0.3) is 0 Å². The first-order valence-corrected chi connectivity index (χ1v) is 10.4. The quantitative estimate of drug-likeness (QED) is 0.0922. The summed E-state index contributed by atoms with van der Waals surface area (Å²) in [5.41, 5.74) is -2.52. The summed E-state index contributed by atoms with van der Waals surface area (Å²) >= 11 is 0. The van der Waals surface area contributed by atoms with E-state index in [1.165, 1.54) is 7.11 Å². The van der Waals surface area contributed by atoms with E-state index < -0.39 is 34.7 Å². The van der Waals surface area contributed by atoms with Crippen molar-refractivity contribution in [2.45, 2.75) is 0 Å². The van der Waals surface area contributed by atoms with E-state index in [4.69, 9.17) is 33.2 Å². The van der Waals surface area contributed by atoms with Crippen LogP contribution in [0.3, 0.4) is 0 Å². The van der Waals surface area contributed by atoms with Crippen molar-refractivity contribution in [3.8, 4) is 0 Å². The van der Waals surface area contributed by atoms with E-state index in [1.807, 2.05) is 0 Å². The van der Waals surface area contributed by atoms with Gasteiger partial charge in [-0.2, -0.15) is 0 Å². The van der Waals surface area contributed by atoms with E-state index in [-0.39, 0.29) is 59.3 Å². The number of esters is 4. The summed E-state index contributed by atoms with van der Waals surface area (Å²) < 4.78 is 36.4. The molecule has 0 rings (SSSR count). The Morgan fingerprint density at radius 1 is 0.583 bits per heavy atom. The van der Waals surface area contributed by atoms with Crippen molar-refractivity contribution < 1.29 is 57.1 Å². The maximum atomic E-state index is 11.7. The van der Waals surface area contributed by atoms with Crippen molar-refractivity contribution in [3.05, 3.63) is 50.6 Å². The Labute approximate surface area is 209 Å². The molecule has 0 saturated carbocycles. The number of carbonyl (C=O) groups excluding carboxylic acids is 5. The Morgan fingerprint density at radius 3 is 1.19 bits per heavy atom. The van der Waals surface area contributed by atoms with Gasteiger partial charge < -0.3 is 33.2 Å². The van der Waals surface area contributed by atoms with Gasteiger partial charge in [-0.25, -0.2) is 19.2 Å². The molecule has 0 aromatic carbocycles. The zero-order valence-electron chi connectivity index (χ0n) is 20.3. The van der Waals surface area contributed by atoms with Crippen LogP contribution in [-0.2, 0) is 57.1 Å². The molecule has 0 unspecified atom stereocenters. The number of methoxy groups -OCH3 is 1. The molecule has 36 heavy (non-hydrogen) atoms. The Hall–Kier alpha value is -3.77. The smallest absolute Gasteiger partial charge is 0.330 e. The molecule has 12 nitrogen and oxygen atoms in total. The minimum absolute atomic E-state index is 0.0728. The second-order valence-electron chi connectivity index (χ2n) is 7.58. The van der Waals surface area contributed by atoms with Crippen LogP contribution in [0.4, 0.5) is 0 Å². The number of ether oxygens (including phenoxy) is 7. The summed E-state index contributed by atoms with van der Waals surface area (Å²) in [6.45, 7) is 11.1. The van der Waals surface area contributed by atoms with Gasteiger partial charge in [0.25, 0.3) is 6.47 Å². The first-order chi connectivity index (χ1) is 17.1. The first kappa shape index (κ1) is 32.2. The molecular formula is C24H32O12. The maximum absolute atomic E-state index is 11.7. The molecule has 0 aromatic rings. The van der Waals surface area contributed by atoms with Gasteiger partial charge in [-0.05, 0) is 0 Å². The summed E-state index contributed by atoms with van der Waals surface area (Å²) in [6.07, 6.45) is 3.76. The second kappa shape index (κ2) is 17.6. The third-order valence-electron chi connectivity index (χ3n) is 4.47. The van der Waals surface area contributed by atoms with Gasteiger partial charge in [0.05, 0.1) is 30.7 Å². The maximum Gasteiger partial charge on any atom is 0.330 e. The van der Waals surface area contributed by atoms with Crippen molar-refractivity contribution in [1.29, 1.82) is 0 Å². The minimum atomic E-state index is -1.34. The normalized spacial score (nSPS) is 10.8. The highest BCUT2D eigenvalue weighted by molar-refractivity contribution is 5.82. The third kappa shape index (κ3) is 12.6. The Balaban J connectivity index is 5.86. The van der Waals surface area contributed by atoms with E-state index in [9.17, 15) is 24.0 Å². The zero-order valence-corrected chi connectivity index (χ0v) is 20.3. The number of hydrogen-bond donors (Lipinski definition) is 0. The average molecular weight is 513 g/mol. The van der Waals surface area contributed by atoms with Crippen molar-refractivity contribution in [2.75, 3.05) is 60.0 Å². The van der Waals surface area contributed by atoms with Crippen LogP contribution in [0.1, 0.15) is 0 Å². The summed E-state index contributed by atoms with van der Waals surface area (Å²) in [7, 11) is 1.38. The summed E-state index contributed by atoms with van der Waals surface area (Å²) in [6, 6.07) is 0. The number of carbonyl (C=O) groups is 5. The van der Waals surface area contributed by atoms with Crippen molar-refractivity contribution in [2.24, 2.45) is 10.8 Å². The van der Waals surface area contributed by atoms with Gasteiger partial charge in [0.2, 0.25) is 0 Å². The molecule has 0 saturated heterocycles. The predicted molar refractivity (Wildman–Crippen MR) is 124 cm³/mol. The molecule has 0 aliphatic heterocycles. The summed E-state index contributed by atoms with van der Waals surface area (Å²) in [5.74, 6) is -3.01. The first-order valence-electron chi connectivity index (χ1n) is 10.4. The van der Waals surface area contributed by atoms with Gasteiger partial charge in [0.1, 0.15) is 33.0 Å². The van der Waals surface area contributed by atoms with E-state index in [0.717, 1.165) is 24.3 Å². The highest BCUT2D eigenvalue weighted by Crippen LogP contribution is 2.25. The summed E-state index contributed by atoms with van der Waals surface area (Å²) in [4.78, 5) is 57.5. The number of rotatable bonds is 21. The second-order valence-corrected chi connectivity index (χ2v) is 7.58. The molecular weight excluding hydrogens is 480 g/mol. The molecule has 0 fully saturated rings. The monoisotopic (exact) mass is 512 g/mol. The van der Waals surface area contributed by atoms with Gasteiger partial charge in [0.15, 0.2) is 0 Å². The lowest BCUT2D eigenvalue weighted by atomic mass is 9.90. The van der Waals surface area contributed by atoms with Gasteiger partial charge in [0, 0.05) is 31.4 Å². The molecule has 0 spiro atoms. The van der Waals surface area contributed by atoms with Gasteiger partial charge in [-0.3, -0.25) is 4.79 Å². The Bertz CT molecular complexity index is 753. The number of hydrogen-bond acceptors (Lipinski definition) is 12. The molecule has 0 aliphatic carbocycles. The van der Waals surface area contributed by atoms with Crippen molar-refractivity contribution in [1.82, 2.24) is 0 Å². The molecule has 0 radical (unpaired) electrons. The molecule has 0 atom stereocenters. The topological polar surface area (TPSA) is 150 Å². The molecule has 0 amide bonds. The molecule has 0 heterocycles. The summed E-state index contributed by atoms with van der Waals surface area (Å²) in [5, 5.41) is 0. The lowest BCUT2D eigenvalue weighted by molar-refractivity contribution is -0.166. The highest BCUT2D eigenvalue weighted by atomic mass is 16.6. The molecule has 0 aliphatic rings. The fourth-order valence-corrected chi connectivity index (χ4v) is 2.63. The zero-order chi connectivity index (χ0) is 27.5. The highest BCUT2D eigenvalue weighted by Gasteiger charge is 2.39. The van der Waals surface area contributed by atoms with Crippen LogP contribution in [0.15, 0.2) is 50.6 Å². The molecule has 12 heteroatoms. The predicted octanol–water partition coefficient (Wildman–Crippen LogP) is 0.712. The van der Waals surface area contributed by atoms with E-state index in [2.05, 4.69) is 26.3 Å². The van der Waals surface area contributed by atoms with Crippen molar-refractivity contribution >= 4 is 30.3 Å². The average Bonchev–Trinajstić information content (AvgIpc) is 2.90. The molecule has 0 bridgehead atoms. The largest absolute Gasteiger partial charge is 0.467 e. The molecule has 0 N–H and O–H groups in total. The fourth-order valence-electron chi connectivity index (χ4n) is 2.63. The lowest BCUT2D eigenvalue weighted by Gasteiger charge is -2.35. The van der Waals surface area contributed by atoms with E-state index in [1.54, 1.807) is 0 Å². The van der Waals surface area contributed by atoms with Crippen LogP contribution in [0.2, 0.25) is 0 Å². The van der Waals surface area contributed by atoms with Crippen LogP contribution in [-0.4, -0.2) is 90.3 Å². The van der Waals surface area contributed by atoms with Crippen LogP contribution in [0.5, 0.6) is 0 Å². The minimum Gasteiger partial charge on any atom is -0.467 e. The van der Waals surface area contributed by atoms with Gasteiger partial charge in [-0.15, -0.1) is 0 Å². The van der Waals surface area contributed by atoms with Crippen molar-refractivity contribution in [3.63, 3.8) is 0 Å². The van der Waals surface area contributed by atoms with Gasteiger partial charge >= 0.3 is 23.9 Å². The Kier molecular flexibility index (Phi) is 15.8. The van der Waals surface area contributed by atoms with Crippen LogP contribution in [0, 0.1) is 10.8 Å². The molecule has 0 aromatic heterocycles. The lowest BCUT2D eigenvalue weighted by Crippen LogP contribution is -2.46. The van der Waals surface area contributed by atoms with Crippen LogP contribution < -0.4 is 0 Å². The standard InChI is InChI=1S/C24H32O12/c1-6-19(26)33-14-23(10-30-5,15-34-20(27)7-2)11-31-12-24(13-32-18-25,16-35-21(28)8-3)17-36-22(29)9-4/h6-9,18H,1-4,10-17H2,5H3. The SMILES string of the molecule is C=CC(=O)OCC(COC)(COCC(COC=O)(COC(=O)C=C)COC(=O)C=C)COC(=O)C=C. The van der Waals surface area contributed by atoms with E-state index >= 15 is 0 Å². The fraction of sp³-hybridized carbons (Fsp3) is 0.458. The third-order valence-corrected chi connectivity index (χ3v) is 4.47. The van der Waals surface area contributed by atoms with Gasteiger partial charge in [-0.1, -0.05) is 26.3 Å².